The smallest absolute Gasteiger partial charge is 0.250 e. The van der Waals surface area contributed by atoms with Crippen molar-refractivity contribution in [1.82, 2.24) is 0 Å². The fraction of sp³-hybridized carbons (Fsp3) is 0.462. The molecule has 0 bridgehead atoms. The molecule has 0 spiro atoms. The second kappa shape index (κ2) is 4.13. The van der Waals surface area contributed by atoms with E-state index in [2.05, 4.69) is 40.8 Å². The van der Waals surface area contributed by atoms with Gasteiger partial charge in [0.2, 0.25) is 8.32 Å². The van der Waals surface area contributed by atoms with Crippen molar-refractivity contribution in [3.8, 4) is 5.75 Å². The predicted molar refractivity (Wildman–Crippen MR) is 73.1 cm³/mol. The van der Waals surface area contributed by atoms with Gasteiger partial charge in [-0.05, 0) is 36.7 Å². The monoisotopic (exact) mass is 236 g/mol. The molecule has 0 unspecified atom stereocenters. The van der Waals surface area contributed by atoms with Gasteiger partial charge in [-0.15, -0.1) is 0 Å². The molecule has 0 atom stereocenters. The van der Waals surface area contributed by atoms with E-state index in [9.17, 15) is 0 Å². The molecule has 1 aromatic rings. The summed E-state index contributed by atoms with van der Waals surface area (Å²) in [5, 5.41) is 0.199. The Hall–Kier alpha value is -0.963. The van der Waals surface area contributed by atoms with Crippen LogP contribution in [0.2, 0.25) is 18.1 Å². The summed E-state index contributed by atoms with van der Waals surface area (Å²) in [5.74, 6) is 0.858. The van der Waals surface area contributed by atoms with Crippen molar-refractivity contribution in [2.75, 3.05) is 5.73 Å². The maximum absolute atomic E-state index is 6.13. The Morgan fingerprint density at radius 3 is 2.25 bits per heavy atom. The summed E-state index contributed by atoms with van der Waals surface area (Å²) in [6, 6.07) is 5.71. The second-order valence-electron chi connectivity index (χ2n) is 5.72. The summed E-state index contributed by atoms with van der Waals surface area (Å²) < 4.78 is 6.13. The zero-order valence-electron chi connectivity index (χ0n) is 10.9. The molecule has 0 aromatic heterocycles. The normalized spacial score (nSPS) is 12.6. The van der Waals surface area contributed by atoms with Gasteiger partial charge in [0.25, 0.3) is 0 Å². The highest BCUT2D eigenvalue weighted by atomic mass is 28.4. The molecule has 0 aliphatic rings. The van der Waals surface area contributed by atoms with Gasteiger partial charge in [-0.1, -0.05) is 26.8 Å². The lowest BCUT2D eigenvalue weighted by molar-refractivity contribution is 0.492. The van der Waals surface area contributed by atoms with Crippen LogP contribution in [0, 0.1) is 6.92 Å². The van der Waals surface area contributed by atoms with Gasteiger partial charge in [-0.2, -0.15) is 0 Å². The molecular weight excluding hydrogens is 214 g/mol. The third-order valence-corrected chi connectivity index (χ3v) is 7.65. The van der Waals surface area contributed by atoms with E-state index in [0.717, 1.165) is 11.3 Å². The third-order valence-electron chi connectivity index (χ3n) is 3.30. The van der Waals surface area contributed by atoms with Crippen molar-refractivity contribution < 1.29 is 4.43 Å². The number of nitrogens with two attached hydrogens (primary N) is 1. The minimum absolute atomic E-state index is 0.199. The zero-order chi connectivity index (χ0) is 12.6. The summed E-state index contributed by atoms with van der Waals surface area (Å²) in [7, 11) is -1.76. The van der Waals surface area contributed by atoms with Crippen LogP contribution in [0.5, 0.6) is 5.75 Å². The molecule has 0 saturated heterocycles. The van der Waals surface area contributed by atoms with Crippen molar-refractivity contribution in [3.63, 3.8) is 0 Å². The molecule has 0 amide bonds. The predicted octanol–water partition coefficient (Wildman–Crippen LogP) is 3.83. The van der Waals surface area contributed by atoms with Gasteiger partial charge in [0.05, 0.1) is 0 Å². The van der Waals surface area contributed by atoms with E-state index in [1.807, 2.05) is 18.2 Å². The SMILES string of the molecule is [CH2]c1ccc(O[Si](C)(C)C(C)(C)C)cc1N. The lowest BCUT2D eigenvalue weighted by Gasteiger charge is -2.36. The van der Waals surface area contributed by atoms with Crippen molar-refractivity contribution in [2.45, 2.75) is 38.9 Å². The van der Waals surface area contributed by atoms with E-state index in [-0.39, 0.29) is 5.04 Å². The Kier molecular flexibility index (Phi) is 3.38. The van der Waals surface area contributed by atoms with Crippen LogP contribution in [0.15, 0.2) is 18.2 Å². The van der Waals surface area contributed by atoms with Gasteiger partial charge >= 0.3 is 0 Å². The summed E-state index contributed by atoms with van der Waals surface area (Å²) in [5.41, 5.74) is 7.36. The first-order chi connectivity index (χ1) is 7.13. The molecule has 2 nitrogen and oxygen atoms in total. The van der Waals surface area contributed by atoms with Gasteiger partial charge < -0.3 is 10.2 Å². The zero-order valence-corrected chi connectivity index (χ0v) is 11.9. The lowest BCUT2D eigenvalue weighted by Crippen LogP contribution is -2.43. The third kappa shape index (κ3) is 2.79. The number of rotatable bonds is 2. The van der Waals surface area contributed by atoms with Crippen LogP contribution in [0.3, 0.4) is 0 Å². The Morgan fingerprint density at radius 2 is 1.81 bits per heavy atom. The Bertz CT molecular complexity index is 380. The van der Waals surface area contributed by atoms with Crippen LogP contribution < -0.4 is 10.2 Å². The maximum atomic E-state index is 6.13. The summed E-state index contributed by atoms with van der Waals surface area (Å²) in [6.45, 7) is 14.9. The van der Waals surface area contributed by atoms with Crippen molar-refractivity contribution in [3.05, 3.63) is 30.7 Å². The summed E-state index contributed by atoms with van der Waals surface area (Å²) in [4.78, 5) is 0. The molecule has 0 aliphatic carbocycles. The van der Waals surface area contributed by atoms with E-state index in [1.165, 1.54) is 0 Å². The average molecular weight is 236 g/mol. The second-order valence-corrected chi connectivity index (χ2v) is 10.4. The standard InChI is InChI=1S/C13H22NOSi/c1-10-7-8-11(9-12(10)14)15-16(5,6)13(2,3)4/h7-9H,1,14H2,2-6H3. The fourth-order valence-electron chi connectivity index (χ4n) is 1.08. The Labute approximate surface area is 99.9 Å². The first-order valence-corrected chi connectivity index (χ1v) is 8.45. The molecule has 3 heteroatoms. The molecular formula is C13H22NOSi. The van der Waals surface area contributed by atoms with Crippen molar-refractivity contribution >= 4 is 14.0 Å². The van der Waals surface area contributed by atoms with E-state index >= 15 is 0 Å². The maximum Gasteiger partial charge on any atom is 0.250 e. The van der Waals surface area contributed by atoms with Crippen LogP contribution in [0.4, 0.5) is 5.69 Å². The highest BCUT2D eigenvalue weighted by Crippen LogP contribution is 2.37. The molecule has 0 saturated carbocycles. The number of hydrogen-bond donors (Lipinski definition) is 1. The Morgan fingerprint density at radius 1 is 1.25 bits per heavy atom. The topological polar surface area (TPSA) is 35.2 Å². The molecule has 89 valence electrons. The minimum atomic E-state index is -1.76. The van der Waals surface area contributed by atoms with E-state index in [4.69, 9.17) is 10.2 Å². The molecule has 16 heavy (non-hydrogen) atoms. The number of anilines is 1. The van der Waals surface area contributed by atoms with Crippen LogP contribution in [0.25, 0.3) is 0 Å². The summed E-state index contributed by atoms with van der Waals surface area (Å²) in [6.07, 6.45) is 0. The van der Waals surface area contributed by atoms with Crippen LogP contribution >= 0.6 is 0 Å². The largest absolute Gasteiger partial charge is 0.543 e. The number of nitrogen functional groups attached to an aromatic ring is 1. The molecule has 1 rings (SSSR count). The van der Waals surface area contributed by atoms with Gasteiger partial charge in [0.15, 0.2) is 0 Å². The lowest BCUT2D eigenvalue weighted by atomic mass is 10.2. The van der Waals surface area contributed by atoms with E-state index < -0.39 is 8.32 Å². The van der Waals surface area contributed by atoms with Gasteiger partial charge in [-0.25, -0.2) is 0 Å². The molecule has 1 aromatic carbocycles. The molecule has 2 N–H and O–H groups in total. The van der Waals surface area contributed by atoms with Gasteiger partial charge in [-0.3, -0.25) is 0 Å². The minimum Gasteiger partial charge on any atom is -0.543 e. The van der Waals surface area contributed by atoms with Crippen LogP contribution in [-0.2, 0) is 0 Å². The Balaban J connectivity index is 2.93. The molecule has 1 radical (unpaired) electrons. The van der Waals surface area contributed by atoms with Crippen LogP contribution in [0.1, 0.15) is 26.3 Å². The fourth-order valence-corrected chi connectivity index (χ4v) is 2.11. The number of hydrogen-bond acceptors (Lipinski definition) is 2. The molecule has 0 aliphatic heterocycles. The highest BCUT2D eigenvalue weighted by molar-refractivity contribution is 6.74. The van der Waals surface area contributed by atoms with Crippen LogP contribution in [-0.4, -0.2) is 8.32 Å². The van der Waals surface area contributed by atoms with Crippen molar-refractivity contribution in [2.24, 2.45) is 0 Å². The number of benzene rings is 1. The molecule has 0 heterocycles. The quantitative estimate of drug-likeness (QED) is 0.625. The van der Waals surface area contributed by atoms with Gasteiger partial charge in [0, 0.05) is 11.8 Å². The van der Waals surface area contributed by atoms with E-state index in [1.54, 1.807) is 0 Å². The highest BCUT2D eigenvalue weighted by Gasteiger charge is 2.38. The van der Waals surface area contributed by atoms with Gasteiger partial charge in [0.1, 0.15) is 5.75 Å². The average Bonchev–Trinajstić information content (AvgIpc) is 2.09. The first kappa shape index (κ1) is 13.1. The molecule has 0 fully saturated rings. The summed E-state index contributed by atoms with van der Waals surface area (Å²) >= 11 is 0. The van der Waals surface area contributed by atoms with Crippen molar-refractivity contribution in [1.29, 1.82) is 0 Å². The van der Waals surface area contributed by atoms with E-state index in [0.29, 0.717) is 5.69 Å². The first-order valence-electron chi connectivity index (χ1n) is 5.54.